The van der Waals surface area contributed by atoms with E-state index in [0.717, 1.165) is 18.0 Å². The second kappa shape index (κ2) is 8.05. The number of piperazine rings is 1. The van der Waals surface area contributed by atoms with Gasteiger partial charge in [0, 0.05) is 37.7 Å². The first kappa shape index (κ1) is 19.3. The molecule has 0 atom stereocenters. The minimum atomic E-state index is -3.57. The van der Waals surface area contributed by atoms with Gasteiger partial charge in [-0.3, -0.25) is 0 Å². The minimum Gasteiger partial charge on any atom is -0.300 e. The molecule has 0 saturated carbocycles. The average molecular weight is 397 g/mol. The van der Waals surface area contributed by atoms with Crippen LogP contribution in [0.15, 0.2) is 47.4 Å². The Balaban J connectivity index is 1.58. The minimum absolute atomic E-state index is 0.156. The first-order valence-electron chi connectivity index (χ1n) is 8.59. The molecule has 4 nitrogen and oxygen atoms in total. The Morgan fingerprint density at radius 1 is 1.08 bits per heavy atom. The fraction of sp³-hybridized carbons (Fsp3) is 0.368. The molecule has 1 aliphatic rings. The maximum absolute atomic E-state index is 13.4. The van der Waals surface area contributed by atoms with E-state index in [-0.39, 0.29) is 4.90 Å². The average Bonchev–Trinajstić information content (AvgIpc) is 2.62. The normalized spacial score (nSPS) is 16.7. The number of benzene rings is 2. The van der Waals surface area contributed by atoms with Gasteiger partial charge in [0.1, 0.15) is 5.82 Å². The van der Waals surface area contributed by atoms with Gasteiger partial charge in [0.15, 0.2) is 0 Å². The van der Waals surface area contributed by atoms with E-state index in [2.05, 4.69) is 4.90 Å². The van der Waals surface area contributed by atoms with Crippen LogP contribution in [0, 0.1) is 12.7 Å². The summed E-state index contributed by atoms with van der Waals surface area (Å²) in [4.78, 5) is 2.41. The van der Waals surface area contributed by atoms with Crippen molar-refractivity contribution in [3.63, 3.8) is 0 Å². The van der Waals surface area contributed by atoms with Crippen LogP contribution in [0.5, 0.6) is 0 Å². The van der Waals surface area contributed by atoms with Gasteiger partial charge in [0.25, 0.3) is 0 Å². The smallest absolute Gasteiger partial charge is 0.243 e. The van der Waals surface area contributed by atoms with Gasteiger partial charge in [-0.2, -0.15) is 4.31 Å². The van der Waals surface area contributed by atoms with E-state index in [1.807, 2.05) is 24.3 Å². The molecular formula is C19H22ClFN2O2S. The summed E-state index contributed by atoms with van der Waals surface area (Å²) in [7, 11) is -3.57. The van der Waals surface area contributed by atoms with Crippen LogP contribution >= 0.6 is 11.6 Å². The van der Waals surface area contributed by atoms with Crippen LogP contribution < -0.4 is 0 Å². The Bertz CT molecular complexity index is 881. The molecule has 7 heteroatoms. The third-order valence-electron chi connectivity index (χ3n) is 4.70. The van der Waals surface area contributed by atoms with Crippen molar-refractivity contribution in [1.29, 1.82) is 0 Å². The van der Waals surface area contributed by atoms with Crippen LogP contribution in [-0.2, 0) is 16.4 Å². The van der Waals surface area contributed by atoms with Crippen molar-refractivity contribution in [3.8, 4) is 0 Å². The van der Waals surface area contributed by atoms with Crippen molar-refractivity contribution in [2.45, 2.75) is 18.2 Å². The zero-order valence-electron chi connectivity index (χ0n) is 14.7. The predicted octanol–water partition coefficient (Wildman–Crippen LogP) is 3.34. The molecule has 26 heavy (non-hydrogen) atoms. The molecule has 3 rings (SSSR count). The summed E-state index contributed by atoms with van der Waals surface area (Å²) in [6.07, 6.45) is 0.879. The molecule has 1 heterocycles. The SMILES string of the molecule is Cc1cc(S(=O)(=O)N2CCN(CCc3cccc(Cl)c3)CC2)ccc1F. The van der Waals surface area contributed by atoms with E-state index in [9.17, 15) is 12.8 Å². The number of hydrogen-bond donors (Lipinski definition) is 0. The lowest BCUT2D eigenvalue weighted by molar-refractivity contribution is 0.190. The zero-order chi connectivity index (χ0) is 18.7. The summed E-state index contributed by atoms with van der Waals surface area (Å²) >= 11 is 6.00. The van der Waals surface area contributed by atoms with E-state index < -0.39 is 15.8 Å². The lowest BCUT2D eigenvalue weighted by atomic mass is 10.1. The second-order valence-corrected chi connectivity index (χ2v) is 8.91. The van der Waals surface area contributed by atoms with Gasteiger partial charge in [-0.15, -0.1) is 0 Å². The van der Waals surface area contributed by atoms with Crippen LogP contribution in [-0.4, -0.2) is 50.3 Å². The largest absolute Gasteiger partial charge is 0.300 e. The van der Waals surface area contributed by atoms with Crippen LogP contribution in [0.1, 0.15) is 11.1 Å². The molecule has 0 spiro atoms. The van der Waals surface area contributed by atoms with Crippen molar-refractivity contribution in [2.75, 3.05) is 32.7 Å². The van der Waals surface area contributed by atoms with Crippen molar-refractivity contribution >= 4 is 21.6 Å². The Kier molecular flexibility index (Phi) is 5.97. The summed E-state index contributed by atoms with van der Waals surface area (Å²) in [5.74, 6) is -0.394. The Morgan fingerprint density at radius 2 is 1.81 bits per heavy atom. The van der Waals surface area contributed by atoms with E-state index >= 15 is 0 Å². The molecule has 1 aliphatic heterocycles. The van der Waals surface area contributed by atoms with Crippen LogP contribution in [0.4, 0.5) is 4.39 Å². The third-order valence-corrected chi connectivity index (χ3v) is 6.83. The summed E-state index contributed by atoms with van der Waals surface area (Å²) in [5.41, 5.74) is 1.51. The van der Waals surface area contributed by atoms with Crippen molar-refractivity contribution < 1.29 is 12.8 Å². The van der Waals surface area contributed by atoms with Crippen molar-refractivity contribution in [2.24, 2.45) is 0 Å². The predicted molar refractivity (Wildman–Crippen MR) is 101 cm³/mol. The first-order chi connectivity index (χ1) is 12.4. The van der Waals surface area contributed by atoms with Gasteiger partial charge < -0.3 is 4.90 Å². The quantitative estimate of drug-likeness (QED) is 0.778. The molecule has 0 aromatic heterocycles. The molecule has 0 unspecified atom stereocenters. The highest BCUT2D eigenvalue weighted by molar-refractivity contribution is 7.89. The second-order valence-electron chi connectivity index (χ2n) is 6.54. The molecule has 0 bridgehead atoms. The number of rotatable bonds is 5. The molecule has 2 aromatic rings. The maximum atomic E-state index is 13.4. The topological polar surface area (TPSA) is 40.6 Å². The standard InChI is InChI=1S/C19H22ClFN2O2S/c1-15-13-18(5-6-19(15)21)26(24,25)23-11-9-22(10-12-23)8-7-16-3-2-4-17(20)14-16/h2-6,13-14H,7-12H2,1H3. The van der Waals surface area contributed by atoms with Gasteiger partial charge in [-0.1, -0.05) is 23.7 Å². The highest BCUT2D eigenvalue weighted by Gasteiger charge is 2.28. The highest BCUT2D eigenvalue weighted by atomic mass is 35.5. The number of nitrogens with zero attached hydrogens (tertiary/aromatic N) is 2. The summed E-state index contributed by atoms with van der Waals surface area (Å²) in [6.45, 7) is 4.68. The van der Waals surface area contributed by atoms with E-state index in [4.69, 9.17) is 11.6 Å². The van der Waals surface area contributed by atoms with Crippen LogP contribution in [0.2, 0.25) is 5.02 Å². The Labute approximate surface area is 159 Å². The molecule has 0 N–H and O–H groups in total. The van der Waals surface area contributed by atoms with E-state index in [1.54, 1.807) is 6.92 Å². The maximum Gasteiger partial charge on any atom is 0.243 e. The molecular weight excluding hydrogens is 375 g/mol. The summed E-state index contributed by atoms with van der Waals surface area (Å²) < 4.78 is 40.4. The van der Waals surface area contributed by atoms with Crippen molar-refractivity contribution in [1.82, 2.24) is 9.21 Å². The Hall–Kier alpha value is -1.47. The molecule has 1 saturated heterocycles. The lowest BCUT2D eigenvalue weighted by Crippen LogP contribution is -2.49. The van der Waals surface area contributed by atoms with Gasteiger partial charge >= 0.3 is 0 Å². The number of sulfonamides is 1. The molecule has 0 radical (unpaired) electrons. The number of hydrogen-bond acceptors (Lipinski definition) is 3. The Morgan fingerprint density at radius 3 is 2.46 bits per heavy atom. The molecule has 140 valence electrons. The summed E-state index contributed by atoms with van der Waals surface area (Å²) in [5, 5.41) is 0.730. The fourth-order valence-corrected chi connectivity index (χ4v) is 4.82. The first-order valence-corrected chi connectivity index (χ1v) is 10.4. The van der Waals surface area contributed by atoms with Gasteiger partial charge in [-0.05, 0) is 54.8 Å². The van der Waals surface area contributed by atoms with Gasteiger partial charge in [0.05, 0.1) is 4.90 Å². The van der Waals surface area contributed by atoms with E-state index in [1.165, 1.54) is 28.1 Å². The lowest BCUT2D eigenvalue weighted by Gasteiger charge is -2.34. The zero-order valence-corrected chi connectivity index (χ0v) is 16.2. The van der Waals surface area contributed by atoms with Crippen LogP contribution in [0.25, 0.3) is 0 Å². The van der Waals surface area contributed by atoms with Gasteiger partial charge in [-0.25, -0.2) is 12.8 Å². The highest BCUT2D eigenvalue weighted by Crippen LogP contribution is 2.20. The third kappa shape index (κ3) is 4.43. The summed E-state index contributed by atoms with van der Waals surface area (Å²) in [6, 6.07) is 11.7. The van der Waals surface area contributed by atoms with Gasteiger partial charge in [0.2, 0.25) is 10.0 Å². The monoisotopic (exact) mass is 396 g/mol. The number of aryl methyl sites for hydroxylation is 1. The van der Waals surface area contributed by atoms with Crippen LogP contribution in [0.3, 0.4) is 0 Å². The molecule has 0 aliphatic carbocycles. The van der Waals surface area contributed by atoms with E-state index in [0.29, 0.717) is 31.7 Å². The molecule has 0 amide bonds. The fourth-order valence-electron chi connectivity index (χ4n) is 3.10. The van der Waals surface area contributed by atoms with Crippen molar-refractivity contribution in [3.05, 3.63) is 64.4 Å². The molecule has 1 fully saturated rings. The molecule has 2 aromatic carbocycles. The number of halogens is 2.